The van der Waals surface area contributed by atoms with Gasteiger partial charge in [-0.25, -0.2) is 9.97 Å². The molecule has 0 atom stereocenters. The number of thioether (sulfide) groups is 1. The molecule has 0 unspecified atom stereocenters. The number of ether oxygens (including phenoxy) is 1. The minimum Gasteiger partial charge on any atom is -0.462 e. The minimum absolute atomic E-state index is 0.107. The average Bonchev–Trinajstić information content (AvgIpc) is 2.83. The summed E-state index contributed by atoms with van der Waals surface area (Å²) in [7, 11) is 0. The summed E-state index contributed by atoms with van der Waals surface area (Å²) in [6, 6.07) is 0. The zero-order valence-corrected chi connectivity index (χ0v) is 14.9. The molecule has 7 heteroatoms. The van der Waals surface area contributed by atoms with E-state index >= 15 is 0 Å². The maximum absolute atomic E-state index is 11.6. The second kappa shape index (κ2) is 6.72. The maximum atomic E-state index is 11.6. The van der Waals surface area contributed by atoms with Crippen molar-refractivity contribution in [1.29, 1.82) is 0 Å². The number of aromatic nitrogens is 2. The molecular weight excluding hydrogens is 340 g/mol. The molecule has 0 saturated carbocycles. The Morgan fingerprint density at radius 2 is 2.14 bits per heavy atom. The Hall–Kier alpha value is -0.850. The summed E-state index contributed by atoms with van der Waals surface area (Å²) in [6.45, 7) is 3.66. The molecule has 0 spiro atoms. The van der Waals surface area contributed by atoms with Gasteiger partial charge in [0.1, 0.15) is 9.98 Å². The molecule has 0 radical (unpaired) electrons. The van der Waals surface area contributed by atoms with Crippen LogP contribution in [0, 0.1) is 0 Å². The van der Waals surface area contributed by atoms with Gasteiger partial charge in [0, 0.05) is 4.88 Å². The first kappa shape index (κ1) is 16.0. The summed E-state index contributed by atoms with van der Waals surface area (Å²) in [5, 5.41) is 2.05. The lowest BCUT2D eigenvalue weighted by molar-refractivity contribution is -0.144. The lowest BCUT2D eigenvalue weighted by atomic mass is 9.97. The second-order valence-corrected chi connectivity index (χ2v) is 7.90. The van der Waals surface area contributed by atoms with Crippen LogP contribution in [-0.2, 0) is 22.4 Å². The zero-order chi connectivity index (χ0) is 15.7. The summed E-state index contributed by atoms with van der Waals surface area (Å²) in [6.07, 6.45) is 4.49. The number of nitrogens with zero attached hydrogens (tertiary/aromatic N) is 2. The molecule has 4 nitrogen and oxygen atoms in total. The average molecular weight is 357 g/mol. The third-order valence-corrected chi connectivity index (χ3v) is 5.72. The van der Waals surface area contributed by atoms with Crippen LogP contribution in [0.15, 0.2) is 5.16 Å². The number of esters is 1. The summed E-state index contributed by atoms with van der Waals surface area (Å²) in [4.78, 5) is 22.8. The van der Waals surface area contributed by atoms with Crippen LogP contribution in [-0.4, -0.2) is 27.8 Å². The van der Waals surface area contributed by atoms with Crippen LogP contribution < -0.4 is 0 Å². The molecular formula is C15H17ClN2O2S2. The Balaban J connectivity index is 1.82. The number of thiophene rings is 1. The van der Waals surface area contributed by atoms with Crippen molar-refractivity contribution in [2.45, 2.75) is 50.8 Å². The first-order chi connectivity index (χ1) is 10.5. The van der Waals surface area contributed by atoms with Crippen LogP contribution in [0.2, 0.25) is 5.15 Å². The first-order valence-corrected chi connectivity index (χ1v) is 9.52. The molecule has 0 fully saturated rings. The molecule has 1 aliphatic rings. The van der Waals surface area contributed by atoms with Crippen molar-refractivity contribution in [2.24, 2.45) is 0 Å². The molecule has 2 aromatic rings. The van der Waals surface area contributed by atoms with Gasteiger partial charge in [-0.1, -0.05) is 23.4 Å². The van der Waals surface area contributed by atoms with E-state index in [0.29, 0.717) is 10.3 Å². The van der Waals surface area contributed by atoms with E-state index in [4.69, 9.17) is 16.3 Å². The number of halogens is 1. The molecule has 118 valence electrons. The topological polar surface area (TPSA) is 52.1 Å². The number of carbonyl (C=O) groups excluding carboxylic acids is 1. The number of hydrogen-bond acceptors (Lipinski definition) is 6. The molecule has 0 amide bonds. The van der Waals surface area contributed by atoms with Gasteiger partial charge >= 0.3 is 5.97 Å². The fraction of sp³-hybridized carbons (Fsp3) is 0.533. The van der Waals surface area contributed by atoms with Crippen molar-refractivity contribution >= 4 is 50.9 Å². The van der Waals surface area contributed by atoms with Crippen LogP contribution in [0.4, 0.5) is 0 Å². The van der Waals surface area contributed by atoms with Gasteiger partial charge in [-0.15, -0.1) is 11.3 Å². The highest BCUT2D eigenvalue weighted by Gasteiger charge is 2.20. The van der Waals surface area contributed by atoms with Gasteiger partial charge < -0.3 is 4.74 Å². The number of hydrogen-bond donors (Lipinski definition) is 0. The van der Waals surface area contributed by atoms with Gasteiger partial charge in [0.25, 0.3) is 0 Å². The van der Waals surface area contributed by atoms with Crippen molar-refractivity contribution in [3.05, 3.63) is 15.6 Å². The van der Waals surface area contributed by atoms with E-state index in [0.717, 1.165) is 23.1 Å². The molecule has 0 aliphatic heterocycles. The van der Waals surface area contributed by atoms with Crippen LogP contribution in [0.5, 0.6) is 0 Å². The third kappa shape index (κ3) is 3.39. The fourth-order valence-corrected chi connectivity index (χ4v) is 4.92. The first-order valence-electron chi connectivity index (χ1n) is 7.34. The molecule has 2 heterocycles. The maximum Gasteiger partial charge on any atom is 0.316 e. The molecule has 2 aromatic heterocycles. The minimum atomic E-state index is -0.259. The van der Waals surface area contributed by atoms with Crippen molar-refractivity contribution in [3.8, 4) is 0 Å². The van der Waals surface area contributed by atoms with Gasteiger partial charge in [-0.2, -0.15) is 0 Å². The van der Waals surface area contributed by atoms with Crippen LogP contribution in [0.3, 0.4) is 0 Å². The SMILES string of the molecule is CC(C)OC(=O)CSc1nc(Cl)c2c3c(sc2n1)CCCC3. The highest BCUT2D eigenvalue weighted by molar-refractivity contribution is 7.99. The van der Waals surface area contributed by atoms with Gasteiger partial charge in [0.2, 0.25) is 0 Å². The molecule has 0 N–H and O–H groups in total. The van der Waals surface area contributed by atoms with E-state index in [1.165, 1.54) is 35.0 Å². The largest absolute Gasteiger partial charge is 0.462 e. The van der Waals surface area contributed by atoms with E-state index < -0.39 is 0 Å². The zero-order valence-electron chi connectivity index (χ0n) is 12.5. The highest BCUT2D eigenvalue weighted by atomic mass is 35.5. The molecule has 0 saturated heterocycles. The second-order valence-electron chi connectivity index (χ2n) is 5.52. The third-order valence-electron chi connectivity index (χ3n) is 3.44. The van der Waals surface area contributed by atoms with E-state index in [9.17, 15) is 4.79 Å². The fourth-order valence-electron chi connectivity index (χ4n) is 2.58. The molecule has 22 heavy (non-hydrogen) atoms. The molecule has 3 rings (SSSR count). The number of fused-ring (bicyclic) bond motifs is 3. The smallest absolute Gasteiger partial charge is 0.316 e. The van der Waals surface area contributed by atoms with E-state index in [2.05, 4.69) is 9.97 Å². The standard InChI is InChI=1S/C15H17ClN2O2S2/c1-8(2)20-11(19)7-21-15-17-13(16)12-9-5-3-4-6-10(9)22-14(12)18-15/h8H,3-7H2,1-2H3. The van der Waals surface area contributed by atoms with E-state index in [-0.39, 0.29) is 17.8 Å². The lowest BCUT2D eigenvalue weighted by Crippen LogP contribution is -2.13. The van der Waals surface area contributed by atoms with E-state index in [1.54, 1.807) is 11.3 Å². The normalized spacial score (nSPS) is 14.4. The Labute approximate surface area is 142 Å². The van der Waals surface area contributed by atoms with E-state index in [1.807, 2.05) is 13.8 Å². The van der Waals surface area contributed by atoms with Crippen molar-refractivity contribution in [1.82, 2.24) is 9.97 Å². The monoisotopic (exact) mass is 356 g/mol. The Kier molecular flexibility index (Phi) is 4.90. The van der Waals surface area contributed by atoms with Crippen molar-refractivity contribution in [3.63, 3.8) is 0 Å². The van der Waals surface area contributed by atoms with Gasteiger partial charge in [-0.3, -0.25) is 4.79 Å². The predicted octanol–water partition coefficient (Wildman–Crippen LogP) is 4.27. The molecule has 0 aromatic carbocycles. The number of rotatable bonds is 4. The quantitative estimate of drug-likeness (QED) is 0.354. The molecule has 0 bridgehead atoms. The van der Waals surface area contributed by atoms with Crippen molar-refractivity contribution < 1.29 is 9.53 Å². The molecule has 1 aliphatic carbocycles. The van der Waals surface area contributed by atoms with Crippen LogP contribution in [0.1, 0.15) is 37.1 Å². The summed E-state index contributed by atoms with van der Waals surface area (Å²) in [5.41, 5.74) is 1.33. The summed E-state index contributed by atoms with van der Waals surface area (Å²) >= 11 is 9.35. The number of aryl methyl sites for hydroxylation is 2. The van der Waals surface area contributed by atoms with Crippen LogP contribution >= 0.6 is 34.7 Å². The summed E-state index contributed by atoms with van der Waals surface area (Å²) in [5.74, 6) is -0.0595. The summed E-state index contributed by atoms with van der Waals surface area (Å²) < 4.78 is 5.11. The predicted molar refractivity (Wildman–Crippen MR) is 91.0 cm³/mol. The van der Waals surface area contributed by atoms with Gasteiger partial charge in [0.15, 0.2) is 5.16 Å². The lowest BCUT2D eigenvalue weighted by Gasteiger charge is -2.10. The number of carbonyl (C=O) groups is 1. The van der Waals surface area contributed by atoms with Crippen molar-refractivity contribution in [2.75, 3.05) is 5.75 Å². The highest BCUT2D eigenvalue weighted by Crippen LogP contribution is 2.39. The van der Waals surface area contributed by atoms with Gasteiger partial charge in [-0.05, 0) is 45.1 Å². The Morgan fingerprint density at radius 3 is 2.91 bits per heavy atom. The van der Waals surface area contributed by atoms with Gasteiger partial charge in [0.05, 0.1) is 17.2 Å². The Bertz CT molecular complexity index is 715. The van der Waals surface area contributed by atoms with Crippen LogP contribution in [0.25, 0.3) is 10.2 Å². The Morgan fingerprint density at radius 1 is 1.36 bits per heavy atom.